The maximum atomic E-state index is 14.3. The van der Waals surface area contributed by atoms with Gasteiger partial charge in [-0.15, -0.1) is 0 Å². The Bertz CT molecular complexity index is 2590. The van der Waals surface area contributed by atoms with Gasteiger partial charge in [-0.3, -0.25) is 30.0 Å². The number of rotatable bonds is 20. The first-order chi connectivity index (χ1) is 33.6. The van der Waals surface area contributed by atoms with E-state index in [2.05, 4.69) is 31.6 Å². The Balaban J connectivity index is 1.17. The fourth-order valence-corrected chi connectivity index (χ4v) is 6.95. The van der Waals surface area contributed by atoms with Gasteiger partial charge in [0.1, 0.15) is 38.5 Å². The quantitative estimate of drug-likeness (QED) is 0.0164. The molecule has 0 radical (unpaired) electrons. The number of amides is 5. The highest BCUT2D eigenvalue weighted by atomic mass is 16.6. The zero-order valence-electron chi connectivity index (χ0n) is 38.0. The van der Waals surface area contributed by atoms with Gasteiger partial charge in [-0.2, -0.15) is 0 Å². The molecule has 0 aliphatic carbocycles. The molecule has 6 aromatic carbocycles. The lowest BCUT2D eigenvalue weighted by Gasteiger charge is -2.24. The van der Waals surface area contributed by atoms with Crippen molar-refractivity contribution in [2.24, 2.45) is 4.99 Å². The summed E-state index contributed by atoms with van der Waals surface area (Å²) < 4.78 is 21.6. The largest absolute Gasteiger partial charge is 0.461 e. The minimum Gasteiger partial charge on any atom is -0.461 e. The first kappa shape index (κ1) is 49.9. The van der Waals surface area contributed by atoms with E-state index in [0.717, 1.165) is 33.0 Å². The van der Waals surface area contributed by atoms with Gasteiger partial charge >= 0.3 is 24.2 Å². The Morgan fingerprint density at radius 3 is 1.46 bits per heavy atom. The molecule has 0 saturated carbocycles. The number of guanidine groups is 1. The number of hydrogen-bond acceptors (Lipinski definition) is 11. The Kier molecular flexibility index (Phi) is 19.2. The van der Waals surface area contributed by atoms with E-state index in [1.165, 1.54) is 0 Å². The first-order valence-corrected chi connectivity index (χ1v) is 22.3. The fourth-order valence-electron chi connectivity index (χ4n) is 6.95. The summed E-state index contributed by atoms with van der Waals surface area (Å²) in [5.41, 5.74) is 3.69. The van der Waals surface area contributed by atoms with Crippen LogP contribution in [0.2, 0.25) is 0 Å². The van der Waals surface area contributed by atoms with Crippen LogP contribution in [-0.4, -0.2) is 60.7 Å². The number of alkyl carbamates (subject to hydrolysis) is 3. The molecular formula is C53H54N6O10. The van der Waals surface area contributed by atoms with Gasteiger partial charge in [-0.05, 0) is 58.4 Å². The minimum atomic E-state index is -1.44. The number of nitrogens with one attached hydrogen (secondary N) is 5. The molecule has 6 rings (SSSR count). The predicted octanol–water partition coefficient (Wildman–Crippen LogP) is 7.92. The topological polar surface area (TPSA) is 212 Å². The third-order valence-corrected chi connectivity index (χ3v) is 10.5. The second kappa shape index (κ2) is 26.6. The number of benzene rings is 6. The van der Waals surface area contributed by atoms with Gasteiger partial charge in [-0.25, -0.2) is 14.4 Å². The molecule has 0 saturated heterocycles. The van der Waals surface area contributed by atoms with Crippen molar-refractivity contribution in [2.75, 3.05) is 6.54 Å². The summed E-state index contributed by atoms with van der Waals surface area (Å²) in [6, 6.07) is 46.0. The van der Waals surface area contributed by atoms with Crippen molar-refractivity contribution in [2.45, 2.75) is 70.7 Å². The molecule has 0 aliphatic rings. The summed E-state index contributed by atoms with van der Waals surface area (Å²) in [7, 11) is 0. The fraction of sp³-hybridized carbons (Fsp3) is 0.226. The summed E-state index contributed by atoms with van der Waals surface area (Å²) >= 11 is 0. The smallest absolute Gasteiger partial charge is 0.414 e. The highest BCUT2D eigenvalue weighted by Gasteiger charge is 2.30. The molecule has 3 atom stereocenters. The molecule has 5 N–H and O–H groups in total. The summed E-state index contributed by atoms with van der Waals surface area (Å²) in [4.78, 5) is 85.1. The number of fused-ring (bicyclic) bond motifs is 1. The monoisotopic (exact) mass is 934 g/mol. The Hall–Kier alpha value is -8.53. The van der Waals surface area contributed by atoms with E-state index >= 15 is 0 Å². The van der Waals surface area contributed by atoms with Crippen LogP contribution in [0.25, 0.3) is 10.8 Å². The van der Waals surface area contributed by atoms with Crippen molar-refractivity contribution in [1.82, 2.24) is 26.6 Å². The number of esters is 1. The normalized spacial score (nSPS) is 11.9. The number of carbonyl (C=O) groups is 6. The van der Waals surface area contributed by atoms with Gasteiger partial charge in [0.15, 0.2) is 0 Å². The number of carbonyl (C=O) groups excluding carboxylic acids is 6. The maximum Gasteiger partial charge on any atom is 0.414 e. The summed E-state index contributed by atoms with van der Waals surface area (Å²) in [6.45, 7) is 1.41. The van der Waals surface area contributed by atoms with Crippen LogP contribution in [0, 0.1) is 0 Å². The molecule has 0 aromatic heterocycles. The molecule has 0 bridgehead atoms. The molecule has 16 heteroatoms. The lowest BCUT2D eigenvalue weighted by molar-refractivity contribution is -0.147. The van der Waals surface area contributed by atoms with Gasteiger partial charge in [0.25, 0.3) is 0 Å². The van der Waals surface area contributed by atoms with Gasteiger partial charge in [0, 0.05) is 6.54 Å². The van der Waals surface area contributed by atoms with Crippen molar-refractivity contribution >= 4 is 52.8 Å². The first-order valence-electron chi connectivity index (χ1n) is 22.3. The van der Waals surface area contributed by atoms with Crippen LogP contribution in [0.15, 0.2) is 169 Å². The van der Waals surface area contributed by atoms with Crippen LogP contribution < -0.4 is 26.6 Å². The number of nitrogens with zero attached hydrogens (tertiary/aromatic N) is 1. The zero-order valence-corrected chi connectivity index (χ0v) is 38.0. The highest BCUT2D eigenvalue weighted by Crippen LogP contribution is 2.24. The SMILES string of the molecule is C[C@H](NC(=O)[C@H](CC(=O)OCc1ccccc1)NC(=O)[C@H](CCCN=C(NC(=O)OCc1ccccc1)NC(=O)OCc1ccccc1)NC(=O)OCc1ccccc1)c1cccc2ccccc12. The van der Waals surface area contributed by atoms with Crippen molar-refractivity contribution in [3.8, 4) is 0 Å². The standard InChI is InChI=1S/C53H54N6O10/c1-37(43-29-16-27-42-26-14-15-28-44(42)43)55-49(62)46(32-47(60)66-33-38-18-6-2-7-19-38)56-48(61)45(57-51(63)67-34-39-20-8-3-9-21-39)30-17-31-54-50(58-52(64)68-35-40-22-10-4-11-23-40)59-53(65)69-36-41-24-12-5-13-25-41/h2-16,18-29,37,45-46H,17,30-36H2,1H3,(H,55,62)(H,56,61)(H,57,63)(H2,54,58,59,64,65)/t37-,45-,46-/m0/s1. The van der Waals surface area contributed by atoms with E-state index in [9.17, 15) is 28.8 Å². The molecule has 356 valence electrons. The van der Waals surface area contributed by atoms with E-state index in [-0.39, 0.29) is 51.8 Å². The second-order valence-corrected chi connectivity index (χ2v) is 15.7. The van der Waals surface area contributed by atoms with E-state index in [1.807, 2.05) is 66.7 Å². The number of aliphatic imine (C=N–C) groups is 1. The van der Waals surface area contributed by atoms with Gasteiger partial charge in [0.2, 0.25) is 17.8 Å². The van der Waals surface area contributed by atoms with Crippen LogP contribution in [0.1, 0.15) is 60.0 Å². The molecular weight excluding hydrogens is 881 g/mol. The summed E-state index contributed by atoms with van der Waals surface area (Å²) in [5.74, 6) is -2.53. The van der Waals surface area contributed by atoms with Crippen molar-refractivity contribution in [3.05, 3.63) is 192 Å². The predicted molar refractivity (Wildman–Crippen MR) is 258 cm³/mol. The molecule has 5 amide bonds. The van der Waals surface area contributed by atoms with Crippen molar-refractivity contribution in [1.29, 1.82) is 0 Å². The number of hydrogen-bond donors (Lipinski definition) is 5. The van der Waals surface area contributed by atoms with Gasteiger partial charge in [0.05, 0.1) is 12.5 Å². The molecule has 6 aromatic rings. The van der Waals surface area contributed by atoms with Crippen LogP contribution in [-0.2, 0) is 59.8 Å². The van der Waals surface area contributed by atoms with Crippen LogP contribution in [0.4, 0.5) is 14.4 Å². The van der Waals surface area contributed by atoms with E-state index in [0.29, 0.717) is 5.56 Å². The molecule has 16 nitrogen and oxygen atoms in total. The molecule has 0 unspecified atom stereocenters. The Morgan fingerprint density at radius 1 is 0.478 bits per heavy atom. The maximum absolute atomic E-state index is 14.3. The number of ether oxygens (including phenoxy) is 4. The lowest BCUT2D eigenvalue weighted by Crippen LogP contribution is -2.54. The third-order valence-electron chi connectivity index (χ3n) is 10.5. The summed E-state index contributed by atoms with van der Waals surface area (Å²) in [5, 5.41) is 14.9. The van der Waals surface area contributed by atoms with Crippen LogP contribution in [0.5, 0.6) is 0 Å². The van der Waals surface area contributed by atoms with Crippen LogP contribution in [0.3, 0.4) is 0 Å². The minimum absolute atomic E-state index is 0.0620. The molecule has 69 heavy (non-hydrogen) atoms. The van der Waals surface area contributed by atoms with Gasteiger partial charge < -0.3 is 34.9 Å². The molecule has 0 spiro atoms. The van der Waals surface area contributed by atoms with Crippen LogP contribution >= 0.6 is 0 Å². The molecule has 0 aliphatic heterocycles. The van der Waals surface area contributed by atoms with Gasteiger partial charge in [-0.1, -0.05) is 164 Å². The summed E-state index contributed by atoms with van der Waals surface area (Å²) in [6.07, 6.45) is -3.30. The zero-order chi connectivity index (χ0) is 48.6. The Morgan fingerprint density at radius 2 is 0.928 bits per heavy atom. The third kappa shape index (κ3) is 17.0. The average molecular weight is 935 g/mol. The average Bonchev–Trinajstić information content (AvgIpc) is 3.37. The molecule has 0 fully saturated rings. The molecule has 0 heterocycles. The van der Waals surface area contributed by atoms with E-state index < -0.39 is 60.6 Å². The highest BCUT2D eigenvalue weighted by molar-refractivity contribution is 6.01. The van der Waals surface area contributed by atoms with Crippen molar-refractivity contribution in [3.63, 3.8) is 0 Å². The Labute approximate surface area is 399 Å². The van der Waals surface area contributed by atoms with E-state index in [1.54, 1.807) is 104 Å². The lowest BCUT2D eigenvalue weighted by atomic mass is 9.99. The second-order valence-electron chi connectivity index (χ2n) is 15.7. The van der Waals surface area contributed by atoms with Crippen molar-refractivity contribution < 1.29 is 47.7 Å². The van der Waals surface area contributed by atoms with E-state index in [4.69, 9.17) is 18.9 Å².